The van der Waals surface area contributed by atoms with Crippen molar-refractivity contribution in [2.75, 3.05) is 19.7 Å². The Labute approximate surface area is 128 Å². The topological polar surface area (TPSA) is 66.8 Å². The third-order valence-electron chi connectivity index (χ3n) is 3.17. The third-order valence-corrected chi connectivity index (χ3v) is 5.46. The summed E-state index contributed by atoms with van der Waals surface area (Å²) in [7, 11) is -3.88. The number of hydrogen-bond acceptors (Lipinski definition) is 4. The van der Waals surface area contributed by atoms with E-state index in [1.54, 1.807) is 13.8 Å². The number of aliphatic hydroxyl groups is 1. The van der Waals surface area contributed by atoms with E-state index < -0.39 is 27.5 Å². The molecule has 5 nitrogen and oxygen atoms in total. The van der Waals surface area contributed by atoms with Gasteiger partial charge in [-0.2, -0.15) is 4.31 Å². The number of halogens is 2. The molecule has 0 aliphatic carbocycles. The molecule has 0 spiro atoms. The molecule has 8 heteroatoms. The summed E-state index contributed by atoms with van der Waals surface area (Å²) in [6, 6.07) is 3.15. The number of sulfonamides is 1. The quantitative estimate of drug-likeness (QED) is 0.910. The predicted molar refractivity (Wildman–Crippen MR) is 76.2 cm³/mol. The SMILES string of the molecule is CC1(C)CN(S(=O)(=O)c2ccc(F)cc2Cl)CC(CO)O1. The van der Waals surface area contributed by atoms with Crippen LogP contribution < -0.4 is 0 Å². The lowest BCUT2D eigenvalue weighted by Gasteiger charge is -2.41. The summed E-state index contributed by atoms with van der Waals surface area (Å²) in [6.07, 6.45) is -0.609. The van der Waals surface area contributed by atoms with Gasteiger partial charge in [-0.25, -0.2) is 12.8 Å². The molecule has 118 valence electrons. The van der Waals surface area contributed by atoms with Crippen molar-refractivity contribution in [3.8, 4) is 0 Å². The molecule has 1 N–H and O–H groups in total. The fourth-order valence-electron chi connectivity index (χ4n) is 2.34. The average Bonchev–Trinajstić information content (AvgIpc) is 2.36. The number of benzene rings is 1. The summed E-state index contributed by atoms with van der Waals surface area (Å²) in [4.78, 5) is -0.153. The van der Waals surface area contributed by atoms with E-state index in [0.717, 1.165) is 18.2 Å². The van der Waals surface area contributed by atoms with Crippen LogP contribution in [-0.2, 0) is 14.8 Å². The Bertz CT molecular complexity index is 635. The van der Waals surface area contributed by atoms with Crippen molar-refractivity contribution in [1.82, 2.24) is 4.31 Å². The molecule has 1 aromatic carbocycles. The van der Waals surface area contributed by atoms with E-state index in [2.05, 4.69) is 0 Å². The molecule has 1 aliphatic heterocycles. The van der Waals surface area contributed by atoms with E-state index in [9.17, 15) is 17.9 Å². The van der Waals surface area contributed by atoms with Gasteiger partial charge in [-0.1, -0.05) is 11.6 Å². The summed E-state index contributed by atoms with van der Waals surface area (Å²) >= 11 is 5.85. The van der Waals surface area contributed by atoms with E-state index in [4.69, 9.17) is 16.3 Å². The third kappa shape index (κ3) is 3.54. The minimum Gasteiger partial charge on any atom is -0.394 e. The molecule has 1 heterocycles. The lowest BCUT2D eigenvalue weighted by Crippen LogP contribution is -2.55. The number of aliphatic hydroxyl groups excluding tert-OH is 1. The lowest BCUT2D eigenvalue weighted by atomic mass is 10.1. The van der Waals surface area contributed by atoms with Crippen LogP contribution in [0.5, 0.6) is 0 Å². The van der Waals surface area contributed by atoms with Gasteiger partial charge in [-0.05, 0) is 32.0 Å². The summed E-state index contributed by atoms with van der Waals surface area (Å²) in [5.74, 6) is -0.602. The van der Waals surface area contributed by atoms with Gasteiger partial charge in [-0.15, -0.1) is 0 Å². The lowest BCUT2D eigenvalue weighted by molar-refractivity contribution is -0.131. The van der Waals surface area contributed by atoms with Gasteiger partial charge in [0.25, 0.3) is 0 Å². The van der Waals surface area contributed by atoms with Crippen molar-refractivity contribution in [1.29, 1.82) is 0 Å². The Morgan fingerprint density at radius 2 is 2.19 bits per heavy atom. The molecule has 1 aromatic rings. The van der Waals surface area contributed by atoms with Crippen LogP contribution in [0.25, 0.3) is 0 Å². The van der Waals surface area contributed by atoms with Gasteiger partial charge < -0.3 is 9.84 Å². The zero-order chi connectivity index (χ0) is 15.8. The highest BCUT2D eigenvalue weighted by Gasteiger charge is 2.39. The summed E-state index contributed by atoms with van der Waals surface area (Å²) in [5, 5.41) is 9.08. The Kier molecular flexibility index (Phi) is 4.60. The van der Waals surface area contributed by atoms with E-state index in [-0.39, 0.29) is 29.6 Å². The molecule has 0 saturated carbocycles. The highest BCUT2D eigenvalue weighted by atomic mass is 35.5. The zero-order valence-electron chi connectivity index (χ0n) is 11.7. The second-order valence-corrected chi connectivity index (χ2v) is 7.87. The first-order valence-corrected chi connectivity index (χ1v) is 8.21. The van der Waals surface area contributed by atoms with E-state index in [1.165, 1.54) is 4.31 Å². The number of nitrogens with zero attached hydrogens (tertiary/aromatic N) is 1. The molecule has 1 saturated heterocycles. The van der Waals surface area contributed by atoms with Crippen molar-refractivity contribution in [2.45, 2.75) is 30.4 Å². The minimum absolute atomic E-state index is 0.0238. The van der Waals surface area contributed by atoms with Gasteiger partial charge in [0, 0.05) is 13.1 Å². The molecular weight excluding hydrogens is 321 g/mol. The van der Waals surface area contributed by atoms with Crippen molar-refractivity contribution in [3.05, 3.63) is 29.0 Å². The van der Waals surface area contributed by atoms with Crippen LogP contribution >= 0.6 is 11.6 Å². The van der Waals surface area contributed by atoms with E-state index in [1.807, 2.05) is 0 Å². The van der Waals surface area contributed by atoms with Crippen molar-refractivity contribution < 1.29 is 22.7 Å². The van der Waals surface area contributed by atoms with Gasteiger partial charge in [0.15, 0.2) is 0 Å². The van der Waals surface area contributed by atoms with Crippen LogP contribution in [0.1, 0.15) is 13.8 Å². The van der Waals surface area contributed by atoms with Crippen molar-refractivity contribution >= 4 is 21.6 Å². The number of rotatable bonds is 3. The average molecular weight is 338 g/mol. The molecular formula is C13H17ClFNO4S. The predicted octanol–water partition coefficient (Wildman–Crippen LogP) is 1.64. The maximum Gasteiger partial charge on any atom is 0.244 e. The standard InChI is InChI=1S/C13H17ClFNO4S/c1-13(2)8-16(6-10(7-17)20-13)21(18,19)12-4-3-9(15)5-11(12)14/h3-5,10,17H,6-8H2,1-2H3. The molecule has 0 amide bonds. The number of hydrogen-bond donors (Lipinski definition) is 1. The Morgan fingerprint density at radius 3 is 2.76 bits per heavy atom. The minimum atomic E-state index is -3.88. The number of morpholine rings is 1. The second kappa shape index (κ2) is 5.81. The van der Waals surface area contributed by atoms with Crippen LogP contribution in [-0.4, -0.2) is 49.2 Å². The maximum absolute atomic E-state index is 13.1. The molecule has 1 atom stereocenters. The van der Waals surface area contributed by atoms with Crippen molar-refractivity contribution in [2.24, 2.45) is 0 Å². The Morgan fingerprint density at radius 1 is 1.52 bits per heavy atom. The van der Waals surface area contributed by atoms with Gasteiger partial charge in [0.05, 0.1) is 23.3 Å². The van der Waals surface area contributed by atoms with E-state index >= 15 is 0 Å². The van der Waals surface area contributed by atoms with Gasteiger partial charge >= 0.3 is 0 Å². The molecule has 1 unspecified atom stereocenters. The highest BCUT2D eigenvalue weighted by molar-refractivity contribution is 7.89. The molecule has 2 rings (SSSR count). The zero-order valence-corrected chi connectivity index (χ0v) is 13.3. The first-order chi connectivity index (χ1) is 9.65. The van der Waals surface area contributed by atoms with Crippen LogP contribution in [0.4, 0.5) is 4.39 Å². The Hall–Kier alpha value is -0.730. The first-order valence-electron chi connectivity index (χ1n) is 6.39. The highest BCUT2D eigenvalue weighted by Crippen LogP contribution is 2.30. The van der Waals surface area contributed by atoms with Gasteiger partial charge in [0.2, 0.25) is 10.0 Å². The monoisotopic (exact) mass is 337 g/mol. The summed E-state index contributed by atoms with van der Waals surface area (Å²) < 4.78 is 45.2. The molecule has 1 aliphatic rings. The maximum atomic E-state index is 13.1. The van der Waals surface area contributed by atoms with Crippen LogP contribution in [0.15, 0.2) is 23.1 Å². The molecule has 21 heavy (non-hydrogen) atoms. The fourth-order valence-corrected chi connectivity index (χ4v) is 4.47. The van der Waals surface area contributed by atoms with Crippen molar-refractivity contribution in [3.63, 3.8) is 0 Å². The van der Waals surface area contributed by atoms with Crippen LogP contribution in [0, 0.1) is 5.82 Å². The summed E-state index contributed by atoms with van der Waals surface area (Å²) in [5.41, 5.74) is -0.731. The second-order valence-electron chi connectivity index (χ2n) is 5.55. The fraction of sp³-hybridized carbons (Fsp3) is 0.538. The van der Waals surface area contributed by atoms with Gasteiger partial charge in [-0.3, -0.25) is 0 Å². The molecule has 0 radical (unpaired) electrons. The van der Waals surface area contributed by atoms with Crippen LogP contribution in [0.3, 0.4) is 0 Å². The molecule has 0 bridgehead atoms. The van der Waals surface area contributed by atoms with E-state index in [0.29, 0.717) is 0 Å². The normalized spacial score (nSPS) is 23.2. The number of ether oxygens (including phenoxy) is 1. The largest absolute Gasteiger partial charge is 0.394 e. The molecule has 0 aromatic heterocycles. The van der Waals surface area contributed by atoms with Crippen LogP contribution in [0.2, 0.25) is 5.02 Å². The van der Waals surface area contributed by atoms with Gasteiger partial charge in [0.1, 0.15) is 10.7 Å². The molecule has 1 fully saturated rings. The Balaban J connectivity index is 2.38. The first kappa shape index (κ1) is 16.6. The smallest absolute Gasteiger partial charge is 0.244 e. The summed E-state index contributed by atoms with van der Waals surface area (Å²) in [6.45, 7) is 3.34.